The van der Waals surface area contributed by atoms with Crippen molar-refractivity contribution in [3.8, 4) is 0 Å². The van der Waals surface area contributed by atoms with E-state index in [2.05, 4.69) is 9.97 Å². The van der Waals surface area contributed by atoms with Crippen LogP contribution in [0.25, 0.3) is 17.1 Å². The fourth-order valence-corrected chi connectivity index (χ4v) is 1.83. The molecule has 5 nitrogen and oxygen atoms in total. The van der Waals surface area contributed by atoms with Gasteiger partial charge in [-0.1, -0.05) is 12.1 Å². The standard InChI is InChI=1S/C16H19N3O2/c1-12(20)9-10-19(2)16(21)8-7-13-11-17-14-5-3-4-6-15(14)18-13/h3-8,11-12,20H,9-10H2,1-2H3. The van der Waals surface area contributed by atoms with Gasteiger partial charge >= 0.3 is 0 Å². The fourth-order valence-electron chi connectivity index (χ4n) is 1.83. The number of para-hydroxylation sites is 2. The van der Waals surface area contributed by atoms with Gasteiger partial charge < -0.3 is 10.0 Å². The molecule has 0 saturated heterocycles. The first kappa shape index (κ1) is 15.1. The minimum Gasteiger partial charge on any atom is -0.393 e. The van der Waals surface area contributed by atoms with Crippen LogP contribution in [0.3, 0.4) is 0 Å². The summed E-state index contributed by atoms with van der Waals surface area (Å²) in [4.78, 5) is 22.2. The molecule has 0 spiro atoms. The van der Waals surface area contributed by atoms with E-state index in [1.807, 2.05) is 24.3 Å². The molecule has 110 valence electrons. The number of carbonyl (C=O) groups is 1. The molecule has 1 unspecified atom stereocenters. The first-order valence-electron chi connectivity index (χ1n) is 6.89. The van der Waals surface area contributed by atoms with Crippen molar-refractivity contribution < 1.29 is 9.90 Å². The van der Waals surface area contributed by atoms with Crippen LogP contribution in [0.2, 0.25) is 0 Å². The minimum atomic E-state index is -0.407. The van der Waals surface area contributed by atoms with Gasteiger partial charge in [0.1, 0.15) is 0 Å². The normalized spacial score (nSPS) is 12.7. The van der Waals surface area contributed by atoms with Crippen molar-refractivity contribution in [3.63, 3.8) is 0 Å². The maximum atomic E-state index is 11.9. The van der Waals surface area contributed by atoms with Gasteiger partial charge in [0.15, 0.2) is 0 Å². The van der Waals surface area contributed by atoms with Gasteiger partial charge in [0, 0.05) is 19.7 Å². The van der Waals surface area contributed by atoms with Crippen molar-refractivity contribution in [2.24, 2.45) is 0 Å². The Labute approximate surface area is 123 Å². The van der Waals surface area contributed by atoms with Crippen molar-refractivity contribution in [1.82, 2.24) is 14.9 Å². The smallest absolute Gasteiger partial charge is 0.246 e. The number of amides is 1. The topological polar surface area (TPSA) is 66.3 Å². The molecule has 1 aromatic heterocycles. The average molecular weight is 285 g/mol. The van der Waals surface area contributed by atoms with Crippen LogP contribution in [0.4, 0.5) is 0 Å². The third kappa shape index (κ3) is 4.36. The fraction of sp³-hybridized carbons (Fsp3) is 0.312. The number of aliphatic hydroxyl groups excluding tert-OH is 1. The van der Waals surface area contributed by atoms with Crippen LogP contribution >= 0.6 is 0 Å². The van der Waals surface area contributed by atoms with Crippen LogP contribution in [-0.4, -0.2) is 45.6 Å². The highest BCUT2D eigenvalue weighted by atomic mass is 16.3. The zero-order valence-electron chi connectivity index (χ0n) is 12.2. The molecule has 0 saturated carbocycles. The van der Waals surface area contributed by atoms with E-state index in [0.29, 0.717) is 18.7 Å². The molecule has 0 aliphatic heterocycles. The van der Waals surface area contributed by atoms with E-state index in [-0.39, 0.29) is 5.91 Å². The van der Waals surface area contributed by atoms with E-state index in [9.17, 15) is 9.90 Å². The van der Waals surface area contributed by atoms with E-state index < -0.39 is 6.10 Å². The van der Waals surface area contributed by atoms with Crippen LogP contribution in [0.1, 0.15) is 19.0 Å². The number of aromatic nitrogens is 2. The highest BCUT2D eigenvalue weighted by Crippen LogP contribution is 2.09. The van der Waals surface area contributed by atoms with E-state index in [1.54, 1.807) is 31.1 Å². The predicted octanol–water partition coefficient (Wildman–Crippen LogP) is 1.87. The molecule has 1 aromatic carbocycles. The first-order valence-corrected chi connectivity index (χ1v) is 6.89. The van der Waals surface area contributed by atoms with Crippen molar-refractivity contribution in [3.05, 3.63) is 42.2 Å². The largest absolute Gasteiger partial charge is 0.393 e. The summed E-state index contributed by atoms with van der Waals surface area (Å²) < 4.78 is 0. The van der Waals surface area contributed by atoms with Crippen LogP contribution in [0.15, 0.2) is 36.5 Å². The number of carbonyl (C=O) groups excluding carboxylic acids is 1. The zero-order chi connectivity index (χ0) is 15.2. The van der Waals surface area contributed by atoms with Gasteiger partial charge in [-0.25, -0.2) is 4.98 Å². The van der Waals surface area contributed by atoms with E-state index in [0.717, 1.165) is 11.0 Å². The molecule has 2 aromatic rings. The highest BCUT2D eigenvalue weighted by molar-refractivity contribution is 5.91. The number of rotatable bonds is 5. The van der Waals surface area contributed by atoms with E-state index in [4.69, 9.17) is 0 Å². The molecule has 0 fully saturated rings. The quantitative estimate of drug-likeness (QED) is 0.852. The molecule has 1 heterocycles. The molecule has 21 heavy (non-hydrogen) atoms. The SMILES string of the molecule is CC(O)CCN(C)C(=O)C=Cc1cnc2ccccc2n1. The Hall–Kier alpha value is -2.27. The van der Waals surface area contributed by atoms with Gasteiger partial charge in [0.2, 0.25) is 5.91 Å². The number of hydrogen-bond donors (Lipinski definition) is 1. The molecule has 1 amide bonds. The minimum absolute atomic E-state index is 0.120. The Balaban J connectivity index is 2.03. The van der Waals surface area contributed by atoms with Gasteiger partial charge in [0.25, 0.3) is 0 Å². The summed E-state index contributed by atoms with van der Waals surface area (Å²) >= 11 is 0. The second kappa shape index (κ2) is 6.95. The summed E-state index contributed by atoms with van der Waals surface area (Å²) in [5, 5.41) is 9.22. The number of benzene rings is 1. The van der Waals surface area contributed by atoms with E-state index >= 15 is 0 Å². The molecule has 0 aliphatic carbocycles. The Morgan fingerprint density at radius 2 is 2.10 bits per heavy atom. The summed E-state index contributed by atoms with van der Waals surface area (Å²) in [6.07, 6.45) is 4.92. The monoisotopic (exact) mass is 285 g/mol. The third-order valence-electron chi connectivity index (χ3n) is 3.12. The molecule has 0 radical (unpaired) electrons. The lowest BCUT2D eigenvalue weighted by molar-refractivity contribution is -0.124. The number of hydrogen-bond acceptors (Lipinski definition) is 4. The van der Waals surface area contributed by atoms with Gasteiger partial charge in [-0.2, -0.15) is 0 Å². The molecule has 2 rings (SSSR count). The maximum Gasteiger partial charge on any atom is 0.246 e. The molecular formula is C16H19N3O2. The predicted molar refractivity (Wildman–Crippen MR) is 82.5 cm³/mol. The van der Waals surface area contributed by atoms with Crippen molar-refractivity contribution in [1.29, 1.82) is 0 Å². The molecular weight excluding hydrogens is 266 g/mol. The summed E-state index contributed by atoms with van der Waals surface area (Å²) in [5.74, 6) is -0.120. The Morgan fingerprint density at radius 3 is 2.81 bits per heavy atom. The Bertz CT molecular complexity index is 653. The molecule has 1 atom stereocenters. The van der Waals surface area contributed by atoms with Crippen molar-refractivity contribution >= 4 is 23.0 Å². The highest BCUT2D eigenvalue weighted by Gasteiger charge is 2.06. The first-order chi connectivity index (χ1) is 10.1. The molecule has 0 bridgehead atoms. The lowest BCUT2D eigenvalue weighted by Crippen LogP contribution is -2.27. The van der Waals surface area contributed by atoms with Gasteiger partial charge in [0.05, 0.1) is 29.0 Å². The molecule has 1 N–H and O–H groups in total. The van der Waals surface area contributed by atoms with Crippen LogP contribution in [-0.2, 0) is 4.79 Å². The molecule has 5 heteroatoms. The second-order valence-corrected chi connectivity index (χ2v) is 5.01. The molecule has 0 aliphatic rings. The summed E-state index contributed by atoms with van der Waals surface area (Å²) in [5.41, 5.74) is 2.27. The van der Waals surface area contributed by atoms with Crippen molar-refractivity contribution in [2.75, 3.05) is 13.6 Å². The average Bonchev–Trinajstić information content (AvgIpc) is 2.49. The Morgan fingerprint density at radius 1 is 1.38 bits per heavy atom. The van der Waals surface area contributed by atoms with Gasteiger partial charge in [-0.15, -0.1) is 0 Å². The van der Waals surface area contributed by atoms with Crippen molar-refractivity contribution in [2.45, 2.75) is 19.4 Å². The van der Waals surface area contributed by atoms with Gasteiger partial charge in [-0.05, 0) is 31.6 Å². The lowest BCUT2D eigenvalue weighted by Gasteiger charge is -2.15. The summed E-state index contributed by atoms with van der Waals surface area (Å²) in [7, 11) is 1.71. The maximum absolute atomic E-state index is 11.9. The van der Waals surface area contributed by atoms with Gasteiger partial charge in [-0.3, -0.25) is 9.78 Å². The number of nitrogens with zero attached hydrogens (tertiary/aromatic N) is 3. The Kier molecular flexibility index (Phi) is 5.00. The van der Waals surface area contributed by atoms with Crippen LogP contribution < -0.4 is 0 Å². The third-order valence-corrected chi connectivity index (χ3v) is 3.12. The zero-order valence-corrected chi connectivity index (χ0v) is 12.2. The van der Waals surface area contributed by atoms with Crippen LogP contribution in [0.5, 0.6) is 0 Å². The summed E-state index contributed by atoms with van der Waals surface area (Å²) in [6, 6.07) is 7.59. The summed E-state index contributed by atoms with van der Waals surface area (Å²) in [6.45, 7) is 2.23. The lowest BCUT2D eigenvalue weighted by atomic mass is 10.2. The number of fused-ring (bicyclic) bond motifs is 1. The van der Waals surface area contributed by atoms with Crippen LogP contribution in [0, 0.1) is 0 Å². The number of likely N-dealkylation sites (N-methyl/N-ethyl adjacent to an activating group) is 1. The van der Waals surface area contributed by atoms with E-state index in [1.165, 1.54) is 6.08 Å². The second-order valence-electron chi connectivity index (χ2n) is 5.01. The number of aliphatic hydroxyl groups is 1.